The lowest BCUT2D eigenvalue weighted by Crippen LogP contribution is -2.47. The van der Waals surface area contributed by atoms with Crippen LogP contribution in [-0.2, 0) is 4.74 Å². The van der Waals surface area contributed by atoms with E-state index in [4.69, 9.17) is 10.5 Å². The van der Waals surface area contributed by atoms with E-state index in [1.165, 1.54) is 0 Å². The molecule has 3 atom stereocenters. The Balaban J connectivity index is 2.09. The number of methoxy groups -OCH3 is 1. The van der Waals surface area contributed by atoms with Gasteiger partial charge in [-0.15, -0.1) is 0 Å². The first-order valence-corrected chi connectivity index (χ1v) is 6.49. The summed E-state index contributed by atoms with van der Waals surface area (Å²) in [5.41, 5.74) is 6.91. The topological polar surface area (TPSA) is 64.3 Å². The van der Waals surface area contributed by atoms with Gasteiger partial charge < -0.3 is 10.5 Å². The van der Waals surface area contributed by atoms with Crippen LogP contribution in [0.1, 0.15) is 25.1 Å². The molecular weight excluding hydrogens is 228 g/mol. The molecule has 0 amide bonds. The molecule has 2 N–H and O–H groups in total. The summed E-state index contributed by atoms with van der Waals surface area (Å²) in [5.74, 6) is 0.607. The van der Waals surface area contributed by atoms with Crippen LogP contribution in [-0.4, -0.2) is 47.7 Å². The van der Waals surface area contributed by atoms with Crippen molar-refractivity contribution in [1.82, 2.24) is 14.9 Å². The molecule has 100 valence electrons. The third-order valence-electron chi connectivity index (χ3n) is 3.83. The summed E-state index contributed by atoms with van der Waals surface area (Å²) < 4.78 is 5.55. The summed E-state index contributed by atoms with van der Waals surface area (Å²) in [5, 5.41) is 0. The van der Waals surface area contributed by atoms with E-state index in [1.807, 2.05) is 6.07 Å². The molecule has 0 spiro atoms. The fraction of sp³-hybridized carbons (Fsp3) is 0.692. The zero-order valence-electron chi connectivity index (χ0n) is 11.1. The molecule has 1 fully saturated rings. The highest BCUT2D eigenvalue weighted by Crippen LogP contribution is 2.26. The van der Waals surface area contributed by atoms with Gasteiger partial charge in [-0.25, -0.2) is 9.97 Å². The van der Waals surface area contributed by atoms with Crippen LogP contribution in [0.3, 0.4) is 0 Å². The first kappa shape index (κ1) is 13.4. The maximum absolute atomic E-state index is 5.91. The molecule has 5 heteroatoms. The van der Waals surface area contributed by atoms with Crippen molar-refractivity contribution in [2.45, 2.75) is 25.5 Å². The highest BCUT2D eigenvalue weighted by atomic mass is 16.5. The lowest BCUT2D eigenvalue weighted by molar-refractivity contribution is -0.0188. The Hall–Kier alpha value is -1.04. The number of nitrogens with two attached hydrogens (primary N) is 1. The summed E-state index contributed by atoms with van der Waals surface area (Å²) in [4.78, 5) is 10.6. The fourth-order valence-electron chi connectivity index (χ4n) is 2.60. The molecule has 5 nitrogen and oxygen atoms in total. The van der Waals surface area contributed by atoms with Crippen molar-refractivity contribution in [1.29, 1.82) is 0 Å². The van der Waals surface area contributed by atoms with Crippen molar-refractivity contribution in [2.75, 3.05) is 26.7 Å². The van der Waals surface area contributed by atoms with Crippen molar-refractivity contribution in [3.05, 3.63) is 24.3 Å². The van der Waals surface area contributed by atoms with E-state index in [-0.39, 0.29) is 12.1 Å². The molecule has 1 aliphatic heterocycles. The highest BCUT2D eigenvalue weighted by molar-refractivity contribution is 5.06. The van der Waals surface area contributed by atoms with E-state index in [0.717, 1.165) is 25.2 Å². The Morgan fingerprint density at radius 1 is 1.61 bits per heavy atom. The molecule has 0 bridgehead atoms. The van der Waals surface area contributed by atoms with Crippen LogP contribution in [0, 0.1) is 5.92 Å². The van der Waals surface area contributed by atoms with Gasteiger partial charge in [0.25, 0.3) is 0 Å². The Morgan fingerprint density at radius 2 is 2.44 bits per heavy atom. The summed E-state index contributed by atoms with van der Waals surface area (Å²) >= 11 is 0. The van der Waals surface area contributed by atoms with Crippen LogP contribution in [0.4, 0.5) is 0 Å². The minimum Gasteiger partial charge on any atom is -0.380 e. The van der Waals surface area contributed by atoms with Crippen LogP contribution in [0.15, 0.2) is 18.6 Å². The Kier molecular flexibility index (Phi) is 4.63. The Labute approximate surface area is 108 Å². The monoisotopic (exact) mass is 250 g/mol. The number of ether oxygens (including phenoxy) is 1. The van der Waals surface area contributed by atoms with Gasteiger partial charge in [0.15, 0.2) is 0 Å². The highest BCUT2D eigenvalue weighted by Gasteiger charge is 2.30. The smallest absolute Gasteiger partial charge is 0.115 e. The number of rotatable bonds is 4. The largest absolute Gasteiger partial charge is 0.380 e. The molecule has 1 aromatic rings. The van der Waals surface area contributed by atoms with Gasteiger partial charge in [-0.05, 0) is 24.9 Å². The number of piperidine rings is 1. The maximum atomic E-state index is 5.91. The SMILES string of the molecule is COC1CN(C(CN)c2ccncn2)CCC1C. The summed E-state index contributed by atoms with van der Waals surface area (Å²) in [7, 11) is 1.78. The molecule has 1 saturated heterocycles. The van der Waals surface area contributed by atoms with Gasteiger partial charge in [-0.2, -0.15) is 0 Å². The summed E-state index contributed by atoms with van der Waals surface area (Å²) in [6.07, 6.45) is 4.78. The van der Waals surface area contributed by atoms with Crippen molar-refractivity contribution >= 4 is 0 Å². The van der Waals surface area contributed by atoms with E-state index in [2.05, 4.69) is 21.8 Å². The molecule has 3 unspecified atom stereocenters. The van der Waals surface area contributed by atoms with Crippen molar-refractivity contribution < 1.29 is 4.74 Å². The lowest BCUT2D eigenvalue weighted by atomic mass is 9.94. The third-order valence-corrected chi connectivity index (χ3v) is 3.83. The molecule has 2 rings (SSSR count). The molecule has 0 aliphatic carbocycles. The average molecular weight is 250 g/mol. The second-order valence-corrected chi connectivity index (χ2v) is 4.92. The van der Waals surface area contributed by atoms with E-state index in [0.29, 0.717) is 12.5 Å². The zero-order chi connectivity index (χ0) is 13.0. The molecule has 1 aromatic heterocycles. The molecule has 1 aliphatic rings. The molecule has 0 radical (unpaired) electrons. The van der Waals surface area contributed by atoms with Gasteiger partial charge in [0.05, 0.1) is 17.8 Å². The molecule has 0 aromatic carbocycles. The van der Waals surface area contributed by atoms with Crippen LogP contribution < -0.4 is 5.73 Å². The number of likely N-dealkylation sites (tertiary alicyclic amines) is 1. The zero-order valence-corrected chi connectivity index (χ0v) is 11.1. The van der Waals surface area contributed by atoms with Crippen LogP contribution in [0.25, 0.3) is 0 Å². The summed E-state index contributed by atoms with van der Waals surface area (Å²) in [6.45, 7) is 4.78. The second-order valence-electron chi connectivity index (χ2n) is 4.92. The van der Waals surface area contributed by atoms with Gasteiger partial charge in [0, 0.05) is 26.4 Å². The number of aromatic nitrogens is 2. The number of hydrogen-bond donors (Lipinski definition) is 1. The van der Waals surface area contributed by atoms with E-state index >= 15 is 0 Å². The number of nitrogens with zero attached hydrogens (tertiary/aromatic N) is 3. The molecule has 18 heavy (non-hydrogen) atoms. The minimum absolute atomic E-state index is 0.165. The standard InChI is InChI=1S/C13H22N4O/c1-10-4-6-17(8-13(10)18-2)12(7-14)11-3-5-15-9-16-11/h3,5,9-10,12-13H,4,6-8,14H2,1-2H3. The van der Waals surface area contributed by atoms with Gasteiger partial charge in [-0.3, -0.25) is 4.90 Å². The van der Waals surface area contributed by atoms with Crippen LogP contribution >= 0.6 is 0 Å². The normalized spacial score (nSPS) is 27.1. The van der Waals surface area contributed by atoms with Crippen molar-refractivity contribution in [3.63, 3.8) is 0 Å². The predicted molar refractivity (Wildman–Crippen MR) is 70.0 cm³/mol. The van der Waals surface area contributed by atoms with Crippen molar-refractivity contribution in [3.8, 4) is 0 Å². The second kappa shape index (κ2) is 6.22. The quantitative estimate of drug-likeness (QED) is 0.857. The van der Waals surface area contributed by atoms with E-state index in [1.54, 1.807) is 19.6 Å². The van der Waals surface area contributed by atoms with Gasteiger partial charge >= 0.3 is 0 Å². The first-order valence-electron chi connectivity index (χ1n) is 6.49. The maximum Gasteiger partial charge on any atom is 0.115 e. The van der Waals surface area contributed by atoms with Gasteiger partial charge in [0.2, 0.25) is 0 Å². The molecule has 2 heterocycles. The van der Waals surface area contributed by atoms with Gasteiger partial charge in [0.1, 0.15) is 6.33 Å². The van der Waals surface area contributed by atoms with E-state index in [9.17, 15) is 0 Å². The summed E-state index contributed by atoms with van der Waals surface area (Å²) in [6, 6.07) is 2.11. The van der Waals surface area contributed by atoms with Crippen molar-refractivity contribution in [2.24, 2.45) is 11.7 Å². The Morgan fingerprint density at radius 3 is 3.06 bits per heavy atom. The lowest BCUT2D eigenvalue weighted by Gasteiger charge is -2.40. The third kappa shape index (κ3) is 2.85. The predicted octanol–water partition coefficient (Wildman–Crippen LogP) is 0.833. The van der Waals surface area contributed by atoms with Crippen LogP contribution in [0.2, 0.25) is 0 Å². The van der Waals surface area contributed by atoms with Crippen LogP contribution in [0.5, 0.6) is 0 Å². The van der Waals surface area contributed by atoms with E-state index < -0.39 is 0 Å². The number of hydrogen-bond acceptors (Lipinski definition) is 5. The fourth-order valence-corrected chi connectivity index (χ4v) is 2.60. The first-order chi connectivity index (χ1) is 8.76. The Bertz CT molecular complexity index is 359. The molecular formula is C13H22N4O. The average Bonchev–Trinajstić information content (AvgIpc) is 2.42. The van der Waals surface area contributed by atoms with Gasteiger partial charge in [-0.1, -0.05) is 6.92 Å². The minimum atomic E-state index is 0.165. The molecule has 0 saturated carbocycles.